The molecular formula is C20H15BrN2O2S. The Labute approximate surface area is 164 Å². The molecule has 0 aliphatic heterocycles. The van der Waals surface area contributed by atoms with Gasteiger partial charge in [-0.25, -0.2) is 4.98 Å². The zero-order valence-electron chi connectivity index (χ0n) is 14.2. The monoisotopic (exact) mass is 426 g/mol. The van der Waals surface area contributed by atoms with E-state index in [1.54, 1.807) is 20.3 Å². The smallest absolute Gasteiger partial charge is 0.168 e. The zero-order valence-corrected chi connectivity index (χ0v) is 16.6. The molecule has 0 unspecified atom stereocenters. The van der Waals surface area contributed by atoms with Crippen LogP contribution in [0.4, 0.5) is 0 Å². The summed E-state index contributed by atoms with van der Waals surface area (Å²) in [4.78, 5) is 4.61. The lowest BCUT2D eigenvalue weighted by molar-refractivity contribution is 0.354. The van der Waals surface area contributed by atoms with Gasteiger partial charge in [-0.1, -0.05) is 46.3 Å². The molecule has 0 fully saturated rings. The van der Waals surface area contributed by atoms with Gasteiger partial charge in [0.15, 0.2) is 11.5 Å². The maximum Gasteiger partial charge on any atom is 0.168 e. The van der Waals surface area contributed by atoms with Crippen LogP contribution in [0.3, 0.4) is 0 Å². The van der Waals surface area contributed by atoms with Gasteiger partial charge in [-0.05, 0) is 18.2 Å². The van der Waals surface area contributed by atoms with Crippen LogP contribution in [0.1, 0.15) is 10.6 Å². The average Bonchev–Trinajstić information content (AvgIpc) is 3.16. The largest absolute Gasteiger partial charge is 0.493 e. The minimum atomic E-state index is 0.468. The normalized spacial score (nSPS) is 11.1. The van der Waals surface area contributed by atoms with E-state index in [2.05, 4.69) is 27.0 Å². The zero-order chi connectivity index (χ0) is 18.5. The molecule has 0 amide bonds. The number of thiazole rings is 1. The topological polar surface area (TPSA) is 55.1 Å². The van der Waals surface area contributed by atoms with E-state index >= 15 is 0 Å². The number of hydrogen-bond acceptors (Lipinski definition) is 5. The minimum absolute atomic E-state index is 0.468. The summed E-state index contributed by atoms with van der Waals surface area (Å²) in [5.41, 5.74) is 3.09. The van der Waals surface area contributed by atoms with Crippen LogP contribution in [0.5, 0.6) is 11.5 Å². The van der Waals surface area contributed by atoms with Crippen molar-refractivity contribution in [1.82, 2.24) is 4.98 Å². The van der Waals surface area contributed by atoms with Gasteiger partial charge in [0.1, 0.15) is 11.1 Å². The second-order valence-electron chi connectivity index (χ2n) is 5.30. The Morgan fingerprint density at radius 3 is 2.62 bits per heavy atom. The van der Waals surface area contributed by atoms with Crippen LogP contribution in [0.15, 0.2) is 52.3 Å². The molecule has 0 atom stereocenters. The molecule has 0 radical (unpaired) electrons. The quantitative estimate of drug-likeness (QED) is 0.494. The third kappa shape index (κ3) is 3.79. The van der Waals surface area contributed by atoms with Crippen molar-refractivity contribution in [3.8, 4) is 28.8 Å². The summed E-state index contributed by atoms with van der Waals surface area (Å²) in [5, 5.41) is 12.3. The third-order valence-electron chi connectivity index (χ3n) is 3.70. The van der Waals surface area contributed by atoms with Gasteiger partial charge in [0.2, 0.25) is 0 Å². The summed E-state index contributed by atoms with van der Waals surface area (Å²) < 4.78 is 11.7. The van der Waals surface area contributed by atoms with Crippen molar-refractivity contribution in [3.63, 3.8) is 0 Å². The van der Waals surface area contributed by atoms with Crippen LogP contribution < -0.4 is 9.47 Å². The molecule has 0 aliphatic rings. The fourth-order valence-corrected chi connectivity index (χ4v) is 3.75. The molecule has 3 rings (SSSR count). The van der Waals surface area contributed by atoms with Gasteiger partial charge in [-0.3, -0.25) is 0 Å². The summed E-state index contributed by atoms with van der Waals surface area (Å²) in [6.07, 6.45) is 1.76. The number of benzene rings is 2. The lowest BCUT2D eigenvalue weighted by Gasteiger charge is -2.11. The van der Waals surface area contributed by atoms with E-state index in [0.29, 0.717) is 22.1 Å². The Morgan fingerprint density at radius 2 is 1.96 bits per heavy atom. The lowest BCUT2D eigenvalue weighted by Crippen LogP contribution is -1.94. The van der Waals surface area contributed by atoms with Crippen molar-refractivity contribution >= 4 is 38.9 Å². The van der Waals surface area contributed by atoms with E-state index in [4.69, 9.17) is 9.47 Å². The summed E-state index contributed by atoms with van der Waals surface area (Å²) >= 11 is 4.90. The SMILES string of the molecule is COc1cc(Br)cc(/C=C(/C#N)c2nc(-c3ccccc3)cs2)c1OC. The van der Waals surface area contributed by atoms with Gasteiger partial charge < -0.3 is 9.47 Å². The number of aromatic nitrogens is 1. The number of ether oxygens (including phenoxy) is 2. The fraction of sp³-hybridized carbons (Fsp3) is 0.100. The van der Waals surface area contributed by atoms with E-state index < -0.39 is 0 Å². The lowest BCUT2D eigenvalue weighted by atomic mass is 10.1. The molecule has 0 aliphatic carbocycles. The Balaban J connectivity index is 2.04. The number of nitriles is 1. The molecule has 6 heteroatoms. The summed E-state index contributed by atoms with van der Waals surface area (Å²) in [7, 11) is 3.15. The van der Waals surface area contributed by atoms with Gasteiger partial charge >= 0.3 is 0 Å². The van der Waals surface area contributed by atoms with Crippen LogP contribution >= 0.6 is 27.3 Å². The van der Waals surface area contributed by atoms with Crippen LogP contribution in [0.2, 0.25) is 0 Å². The van der Waals surface area contributed by atoms with Crippen LogP contribution in [-0.2, 0) is 0 Å². The maximum absolute atomic E-state index is 9.64. The van der Waals surface area contributed by atoms with Gasteiger partial charge in [0.05, 0.1) is 25.5 Å². The highest BCUT2D eigenvalue weighted by molar-refractivity contribution is 9.10. The van der Waals surface area contributed by atoms with E-state index in [1.165, 1.54) is 11.3 Å². The predicted molar refractivity (Wildman–Crippen MR) is 108 cm³/mol. The summed E-state index contributed by atoms with van der Waals surface area (Å²) in [6.45, 7) is 0. The predicted octanol–water partition coefficient (Wildman–Crippen LogP) is 5.65. The number of hydrogen-bond donors (Lipinski definition) is 0. The first-order valence-corrected chi connectivity index (χ1v) is 9.38. The van der Waals surface area contributed by atoms with E-state index in [1.807, 2.05) is 47.8 Å². The van der Waals surface area contributed by atoms with Crippen LogP contribution in [-0.4, -0.2) is 19.2 Å². The van der Waals surface area contributed by atoms with Gasteiger partial charge in [0.25, 0.3) is 0 Å². The molecule has 3 aromatic rings. The van der Waals surface area contributed by atoms with E-state index in [-0.39, 0.29) is 0 Å². The van der Waals surface area contributed by atoms with Gasteiger partial charge in [-0.2, -0.15) is 5.26 Å². The average molecular weight is 427 g/mol. The Hall–Kier alpha value is -2.62. The first kappa shape index (κ1) is 18.2. The van der Waals surface area contributed by atoms with Crippen molar-refractivity contribution in [3.05, 3.63) is 62.9 Å². The van der Waals surface area contributed by atoms with Crippen molar-refractivity contribution in [1.29, 1.82) is 5.26 Å². The Bertz CT molecular complexity index is 991. The van der Waals surface area contributed by atoms with Crippen molar-refractivity contribution in [2.24, 2.45) is 0 Å². The molecule has 1 heterocycles. The van der Waals surface area contributed by atoms with Crippen molar-refractivity contribution in [2.45, 2.75) is 0 Å². The highest BCUT2D eigenvalue weighted by Crippen LogP contribution is 2.37. The molecule has 4 nitrogen and oxygen atoms in total. The second-order valence-corrected chi connectivity index (χ2v) is 7.08. The number of rotatable bonds is 5. The molecule has 0 spiro atoms. The van der Waals surface area contributed by atoms with Crippen LogP contribution in [0.25, 0.3) is 22.9 Å². The molecule has 0 saturated heterocycles. The molecule has 0 saturated carbocycles. The number of halogens is 1. The Morgan fingerprint density at radius 1 is 1.19 bits per heavy atom. The molecule has 26 heavy (non-hydrogen) atoms. The van der Waals surface area contributed by atoms with Gasteiger partial charge in [0, 0.05) is 21.0 Å². The van der Waals surface area contributed by atoms with Crippen LogP contribution in [0, 0.1) is 11.3 Å². The first-order valence-electron chi connectivity index (χ1n) is 7.71. The maximum atomic E-state index is 9.64. The van der Waals surface area contributed by atoms with E-state index in [0.717, 1.165) is 21.3 Å². The summed E-state index contributed by atoms with van der Waals surface area (Å²) in [5.74, 6) is 1.16. The molecule has 1 aromatic heterocycles. The molecular weight excluding hydrogens is 412 g/mol. The van der Waals surface area contributed by atoms with Crippen molar-refractivity contribution < 1.29 is 9.47 Å². The molecule has 0 bridgehead atoms. The number of methoxy groups -OCH3 is 2. The standard InChI is InChI=1S/C20H15BrN2O2S/c1-24-18-10-16(21)9-14(19(18)25-2)8-15(11-22)20-23-17(12-26-20)13-6-4-3-5-7-13/h3-10,12H,1-2H3/b15-8-. The fourth-order valence-electron chi connectivity index (χ4n) is 2.50. The highest BCUT2D eigenvalue weighted by atomic mass is 79.9. The van der Waals surface area contributed by atoms with Gasteiger partial charge in [-0.15, -0.1) is 11.3 Å². The number of allylic oxidation sites excluding steroid dienone is 1. The third-order valence-corrected chi connectivity index (χ3v) is 5.03. The molecule has 0 N–H and O–H groups in total. The first-order chi connectivity index (χ1) is 12.7. The summed E-state index contributed by atoms with van der Waals surface area (Å²) in [6, 6.07) is 15.8. The van der Waals surface area contributed by atoms with Crippen molar-refractivity contribution in [2.75, 3.05) is 14.2 Å². The highest BCUT2D eigenvalue weighted by Gasteiger charge is 2.14. The number of nitrogens with zero attached hydrogens (tertiary/aromatic N) is 2. The molecule has 2 aromatic carbocycles. The second kappa shape index (κ2) is 8.17. The Kier molecular flexibility index (Phi) is 5.71. The minimum Gasteiger partial charge on any atom is -0.493 e. The van der Waals surface area contributed by atoms with E-state index in [9.17, 15) is 5.26 Å². The molecule has 130 valence electrons.